The number of halogens is 1. The second-order valence-corrected chi connectivity index (χ2v) is 15.5. The number of nitrogens with one attached hydrogen (secondary N) is 2. The third kappa shape index (κ3) is 6.52. The smallest absolute Gasteiger partial charge is 0.345 e. The minimum Gasteiger partial charge on any atom is -0.345 e. The molecule has 2 aliphatic rings. The minimum atomic E-state index is -3.66. The normalized spacial score (nSPS) is 24.7. The highest BCUT2D eigenvalue weighted by atomic mass is 79.9. The fraction of sp³-hybridized carbons (Fsp3) is 0.562. The van der Waals surface area contributed by atoms with E-state index in [0.717, 1.165) is 36.6 Å². The van der Waals surface area contributed by atoms with E-state index in [2.05, 4.69) is 72.5 Å². The van der Waals surface area contributed by atoms with Gasteiger partial charge in [0.05, 0.1) is 18.6 Å². The number of rotatable bonds is 9. The summed E-state index contributed by atoms with van der Waals surface area (Å²) in [5.41, 5.74) is 4.21. The second-order valence-electron chi connectivity index (χ2n) is 12.1. The zero-order chi connectivity index (χ0) is 30.0. The van der Waals surface area contributed by atoms with Gasteiger partial charge < -0.3 is 19.7 Å². The number of benzene rings is 2. The molecule has 0 saturated heterocycles. The lowest BCUT2D eigenvalue weighted by Crippen LogP contribution is -2.57. The maximum absolute atomic E-state index is 14.1. The molecule has 41 heavy (non-hydrogen) atoms. The number of carbonyl (C=O) groups is 1. The maximum atomic E-state index is 14.1. The number of hydrogen-bond acceptors (Lipinski definition) is 5. The van der Waals surface area contributed by atoms with Crippen molar-refractivity contribution in [2.75, 3.05) is 13.2 Å². The lowest BCUT2D eigenvalue weighted by Gasteiger charge is -2.54. The molecule has 9 heteroatoms. The topological polar surface area (TPSA) is 76.7 Å². The number of fused-ring (bicyclic) bond motifs is 3. The first-order valence-corrected chi connectivity index (χ1v) is 17.6. The summed E-state index contributed by atoms with van der Waals surface area (Å²) in [7, 11) is -3.66. The summed E-state index contributed by atoms with van der Waals surface area (Å²) in [5.74, 6) is -0.289. The molecule has 2 aliphatic carbocycles. The Morgan fingerprint density at radius 1 is 1.07 bits per heavy atom. The van der Waals surface area contributed by atoms with Crippen molar-refractivity contribution in [2.24, 2.45) is 11.3 Å². The van der Waals surface area contributed by atoms with E-state index in [9.17, 15) is 9.36 Å². The Morgan fingerprint density at radius 2 is 1.71 bits per heavy atom. The summed E-state index contributed by atoms with van der Waals surface area (Å²) in [4.78, 5) is 14.1. The van der Waals surface area contributed by atoms with Crippen LogP contribution >= 0.6 is 35.7 Å². The van der Waals surface area contributed by atoms with Gasteiger partial charge >= 0.3 is 7.60 Å². The molecule has 6 nitrogen and oxygen atoms in total. The Kier molecular flexibility index (Phi) is 10.2. The summed E-state index contributed by atoms with van der Waals surface area (Å²) in [6.45, 7) is 12.9. The van der Waals surface area contributed by atoms with Crippen molar-refractivity contribution in [3.63, 3.8) is 0 Å². The Balaban J connectivity index is 1.58. The fourth-order valence-corrected chi connectivity index (χ4v) is 9.56. The molecule has 0 aliphatic heterocycles. The molecule has 1 amide bonds. The highest BCUT2D eigenvalue weighted by molar-refractivity contribution is 9.10. The first kappa shape index (κ1) is 32.3. The summed E-state index contributed by atoms with van der Waals surface area (Å²) in [5, 5.41) is 6.25. The summed E-state index contributed by atoms with van der Waals surface area (Å²) in [6.07, 6.45) is 4.76. The van der Waals surface area contributed by atoms with Crippen LogP contribution in [0.25, 0.3) is 0 Å². The van der Waals surface area contributed by atoms with Crippen molar-refractivity contribution < 1.29 is 18.4 Å². The first-order chi connectivity index (χ1) is 19.4. The van der Waals surface area contributed by atoms with Gasteiger partial charge in [-0.15, -0.1) is 0 Å². The van der Waals surface area contributed by atoms with Crippen LogP contribution in [0, 0.1) is 11.3 Å². The average molecular weight is 664 g/mol. The minimum absolute atomic E-state index is 0.0813. The van der Waals surface area contributed by atoms with E-state index in [1.807, 2.05) is 24.3 Å². The Morgan fingerprint density at radius 3 is 2.32 bits per heavy atom. The first-order valence-electron chi connectivity index (χ1n) is 14.8. The quantitative estimate of drug-likeness (QED) is 0.207. The van der Waals surface area contributed by atoms with Crippen LogP contribution in [0.4, 0.5) is 0 Å². The van der Waals surface area contributed by atoms with Crippen molar-refractivity contribution >= 4 is 46.8 Å². The van der Waals surface area contributed by atoms with Crippen molar-refractivity contribution in [1.82, 2.24) is 10.6 Å². The largest absolute Gasteiger partial charge is 0.357 e. The van der Waals surface area contributed by atoms with Crippen LogP contribution in [-0.2, 0) is 30.2 Å². The molecule has 4 atom stereocenters. The number of hydrogen-bond donors (Lipinski definition) is 2. The summed E-state index contributed by atoms with van der Waals surface area (Å²) in [6, 6.07) is 14.4. The summed E-state index contributed by atoms with van der Waals surface area (Å²) >= 11 is 9.14. The van der Waals surface area contributed by atoms with Gasteiger partial charge in [0.25, 0.3) is 0 Å². The van der Waals surface area contributed by atoms with Crippen molar-refractivity contribution in [3.8, 4) is 0 Å². The van der Waals surface area contributed by atoms with Crippen LogP contribution < -0.4 is 10.6 Å². The van der Waals surface area contributed by atoms with Gasteiger partial charge in [-0.3, -0.25) is 9.36 Å². The van der Waals surface area contributed by atoms with E-state index in [0.29, 0.717) is 11.5 Å². The molecule has 2 N–H and O–H groups in total. The molecule has 0 bridgehead atoms. The van der Waals surface area contributed by atoms with Crippen LogP contribution in [-0.4, -0.2) is 24.2 Å². The SMILES string of the molecule is CCOP(=O)(OCC)C(NC(=S)NC(=O)[C@]1(C)CCC[C@]2(C)c3ccc(C(C)C)cc3CC[C@@H]12)c1ccc(Br)cc1. The van der Waals surface area contributed by atoms with E-state index in [1.54, 1.807) is 13.8 Å². The van der Waals surface area contributed by atoms with Gasteiger partial charge in [0.1, 0.15) is 0 Å². The lowest BCUT2D eigenvalue weighted by molar-refractivity contribution is -0.137. The molecule has 1 fully saturated rings. The molecular formula is C32H44BrN2O4PS. The van der Waals surface area contributed by atoms with Crippen LogP contribution in [0.1, 0.15) is 101 Å². The number of amides is 1. The van der Waals surface area contributed by atoms with Crippen molar-refractivity contribution in [3.05, 3.63) is 69.2 Å². The monoisotopic (exact) mass is 662 g/mol. The van der Waals surface area contributed by atoms with Crippen LogP contribution in [0.5, 0.6) is 0 Å². The van der Waals surface area contributed by atoms with E-state index < -0.39 is 18.8 Å². The number of aryl methyl sites for hydroxylation is 1. The zero-order valence-corrected chi connectivity index (χ0v) is 28.4. The van der Waals surface area contributed by atoms with Crippen molar-refractivity contribution in [1.29, 1.82) is 0 Å². The molecule has 4 rings (SSSR count). The van der Waals surface area contributed by atoms with Crippen LogP contribution in [0.15, 0.2) is 46.9 Å². The molecule has 1 saturated carbocycles. The standard InChI is InChI=1S/C32H44BrN2O4PS/c1-7-38-40(37,39-8-2)28(22-10-14-25(33)15-11-22)34-30(41)35-29(36)32(6)19-9-18-31(5)26-16-12-23(21(3)4)20-24(26)13-17-27(31)32/h10-12,14-16,20-21,27-28H,7-9,13,17-19H2,1-6H3,(H2,34,35,36,41)/t27-,28?,31-,32-/m1/s1. The molecule has 0 spiro atoms. The summed E-state index contributed by atoms with van der Waals surface area (Å²) < 4.78 is 26.2. The molecule has 0 aromatic heterocycles. The molecular weight excluding hydrogens is 619 g/mol. The van der Waals surface area contributed by atoms with E-state index >= 15 is 0 Å². The predicted molar refractivity (Wildman–Crippen MR) is 173 cm³/mol. The van der Waals surface area contributed by atoms with Gasteiger partial charge in [0, 0.05) is 4.47 Å². The van der Waals surface area contributed by atoms with E-state index in [4.69, 9.17) is 21.3 Å². The van der Waals surface area contributed by atoms with Gasteiger partial charge in [-0.05, 0) is 103 Å². The zero-order valence-electron chi connectivity index (χ0n) is 25.1. The van der Waals surface area contributed by atoms with Crippen LogP contribution in [0.3, 0.4) is 0 Å². The maximum Gasteiger partial charge on any atom is 0.357 e. The van der Waals surface area contributed by atoms with E-state index in [-0.39, 0.29) is 35.6 Å². The average Bonchev–Trinajstić information content (AvgIpc) is 2.92. The van der Waals surface area contributed by atoms with Crippen molar-refractivity contribution in [2.45, 2.75) is 90.8 Å². The Hall–Kier alpha value is -1.57. The van der Waals surface area contributed by atoms with Gasteiger partial charge in [0.15, 0.2) is 10.9 Å². The third-order valence-corrected chi connectivity index (χ3v) is 12.2. The Bertz CT molecular complexity index is 1310. The molecule has 0 radical (unpaired) electrons. The number of thiocarbonyl (C=S) groups is 1. The lowest BCUT2D eigenvalue weighted by atomic mass is 9.49. The second kappa shape index (κ2) is 13.0. The molecule has 2 aromatic rings. The third-order valence-electron chi connectivity index (χ3n) is 9.18. The number of carbonyl (C=O) groups excluding carboxylic acids is 1. The van der Waals surface area contributed by atoms with E-state index in [1.165, 1.54) is 16.7 Å². The van der Waals surface area contributed by atoms with Gasteiger partial charge in [-0.1, -0.05) is 80.4 Å². The van der Waals surface area contributed by atoms with Gasteiger partial charge in [-0.2, -0.15) is 0 Å². The molecule has 2 aromatic carbocycles. The molecule has 1 unspecified atom stereocenters. The van der Waals surface area contributed by atoms with Gasteiger partial charge in [-0.25, -0.2) is 0 Å². The molecule has 0 heterocycles. The van der Waals surface area contributed by atoms with Gasteiger partial charge in [0.2, 0.25) is 5.91 Å². The highest BCUT2D eigenvalue weighted by Gasteiger charge is 2.55. The highest BCUT2D eigenvalue weighted by Crippen LogP contribution is 2.60. The Labute approximate surface area is 259 Å². The predicted octanol–water partition coefficient (Wildman–Crippen LogP) is 8.54. The fourth-order valence-electron chi connectivity index (χ4n) is 7.08. The van der Waals surface area contributed by atoms with Crippen LogP contribution in [0.2, 0.25) is 0 Å². The molecule has 224 valence electrons.